The van der Waals surface area contributed by atoms with Gasteiger partial charge in [0, 0.05) is 11.1 Å². The van der Waals surface area contributed by atoms with Gasteiger partial charge in [-0.25, -0.2) is 36.0 Å². The number of hydrogen-bond donors (Lipinski definition) is 3. The number of benzene rings is 2. The van der Waals surface area contributed by atoms with Crippen molar-refractivity contribution in [2.24, 2.45) is 5.41 Å². The molecule has 0 bridgehead atoms. The molecule has 0 aliphatic carbocycles. The monoisotopic (exact) mass is 803 g/mol. The number of hydrogen-bond acceptors (Lipinski definition) is 9. The van der Waals surface area contributed by atoms with Gasteiger partial charge in [0.15, 0.2) is 11.8 Å². The van der Waals surface area contributed by atoms with Crippen molar-refractivity contribution in [2.75, 3.05) is 19.4 Å². The van der Waals surface area contributed by atoms with Gasteiger partial charge in [-0.1, -0.05) is 50.6 Å². The lowest BCUT2D eigenvalue weighted by Gasteiger charge is -2.35. The molecular weight excluding hydrogens is 772 g/mol. The number of carbonyl (C=O) groups is 2. The summed E-state index contributed by atoms with van der Waals surface area (Å²) >= 11 is 6.35. The van der Waals surface area contributed by atoms with Crippen LogP contribution in [0, 0.1) is 16.6 Å². The minimum absolute atomic E-state index is 0.0182. The largest absolute Gasteiger partial charge is 0.447 e. The maximum atomic E-state index is 15.9. The van der Waals surface area contributed by atoms with Crippen LogP contribution in [0.25, 0.3) is 16.8 Å². The van der Waals surface area contributed by atoms with Crippen LogP contribution in [-0.4, -0.2) is 80.8 Å². The lowest BCUT2D eigenvalue weighted by atomic mass is 9.75. The average molecular weight is 804 g/mol. The lowest BCUT2D eigenvalue weighted by Crippen LogP contribution is -2.47. The molecule has 0 spiro atoms. The Morgan fingerprint density at radius 1 is 1.13 bits per heavy atom. The summed E-state index contributed by atoms with van der Waals surface area (Å²) in [6.45, 7) is 2.72. The second-order valence-electron chi connectivity index (χ2n) is 13.5. The lowest BCUT2D eigenvalue weighted by molar-refractivity contribution is -0.134. The summed E-state index contributed by atoms with van der Waals surface area (Å²) < 4.78 is 112. The second kappa shape index (κ2) is 14.6. The summed E-state index contributed by atoms with van der Waals surface area (Å²) in [5, 5.41) is 20.8. The summed E-state index contributed by atoms with van der Waals surface area (Å²) in [5.74, 6) is -3.12. The van der Waals surface area contributed by atoms with Gasteiger partial charge in [0.1, 0.15) is 30.8 Å². The van der Waals surface area contributed by atoms with Crippen LogP contribution in [0.2, 0.25) is 5.02 Å². The minimum Gasteiger partial charge on any atom is -0.447 e. The molecule has 2 atom stereocenters. The van der Waals surface area contributed by atoms with E-state index in [0.29, 0.717) is 4.09 Å². The quantitative estimate of drug-likeness (QED) is 0.161. The first-order valence-corrected chi connectivity index (χ1v) is 17.9. The van der Waals surface area contributed by atoms with Crippen LogP contribution in [0.1, 0.15) is 56.6 Å². The van der Waals surface area contributed by atoms with Crippen LogP contribution in [0.3, 0.4) is 0 Å². The van der Waals surface area contributed by atoms with E-state index in [9.17, 15) is 40.0 Å². The first-order valence-electron chi connectivity index (χ1n) is 15.7. The molecule has 2 amide bonds. The van der Waals surface area contributed by atoms with Crippen LogP contribution in [0.5, 0.6) is 0 Å². The SMILES string of the molecule is CC(C)(C)C[C@]1(c2ccc(-c3cnn(S(C)(=O)=O)c3)c(F)c2)NC(=N)N(C(COC(=O)NCC(F)(F)F)c2ccc(Cl)c(-n3ncnc3C(F)F)c2)C1=O. The van der Waals surface area contributed by atoms with Gasteiger partial charge in [-0.05, 0) is 41.2 Å². The molecule has 5 rings (SSSR count). The predicted octanol–water partition coefficient (Wildman–Crippen LogP) is 5.70. The zero-order chi connectivity index (χ0) is 40.0. The zero-order valence-corrected chi connectivity index (χ0v) is 30.3. The summed E-state index contributed by atoms with van der Waals surface area (Å²) in [6, 6.07) is 6.01. The molecular formula is C32H32ClF6N9O5S. The van der Waals surface area contributed by atoms with Gasteiger partial charge < -0.3 is 15.4 Å². The van der Waals surface area contributed by atoms with Crippen molar-refractivity contribution in [1.82, 2.24) is 39.5 Å². The normalized spacial score (nSPS) is 17.2. The first kappa shape index (κ1) is 40.0. The number of rotatable bonds is 11. The molecule has 0 saturated carbocycles. The van der Waals surface area contributed by atoms with Gasteiger partial charge >= 0.3 is 12.3 Å². The van der Waals surface area contributed by atoms with Gasteiger partial charge in [-0.3, -0.25) is 15.1 Å². The molecule has 3 N–H and O–H groups in total. The van der Waals surface area contributed by atoms with Crippen LogP contribution in [-0.2, 0) is 25.1 Å². The first-order chi connectivity index (χ1) is 25.0. The number of ether oxygens (including phenoxy) is 1. The van der Waals surface area contributed by atoms with E-state index in [0.717, 1.165) is 40.6 Å². The Balaban J connectivity index is 1.60. The van der Waals surface area contributed by atoms with E-state index < -0.39 is 82.4 Å². The smallest absolute Gasteiger partial charge is 0.407 e. The second-order valence-corrected chi connectivity index (χ2v) is 15.7. The van der Waals surface area contributed by atoms with Crippen molar-refractivity contribution in [3.63, 3.8) is 0 Å². The molecule has 54 heavy (non-hydrogen) atoms. The van der Waals surface area contributed by atoms with Crippen LogP contribution in [0.15, 0.2) is 55.1 Å². The third-order valence-electron chi connectivity index (χ3n) is 8.09. The Morgan fingerprint density at radius 3 is 2.43 bits per heavy atom. The Morgan fingerprint density at radius 2 is 1.83 bits per heavy atom. The van der Waals surface area contributed by atoms with Crippen LogP contribution < -0.4 is 10.6 Å². The zero-order valence-electron chi connectivity index (χ0n) is 28.8. The number of halogens is 7. The van der Waals surface area contributed by atoms with Crippen molar-refractivity contribution < 1.29 is 49.1 Å². The van der Waals surface area contributed by atoms with Gasteiger partial charge in [-0.15, -0.1) is 0 Å². The summed E-state index contributed by atoms with van der Waals surface area (Å²) in [5.41, 5.74) is -2.61. The van der Waals surface area contributed by atoms with Crippen LogP contribution in [0.4, 0.5) is 31.1 Å². The number of alkyl halides is 5. The highest BCUT2D eigenvalue weighted by molar-refractivity contribution is 7.89. The van der Waals surface area contributed by atoms with E-state index in [4.69, 9.17) is 21.7 Å². The molecule has 1 fully saturated rings. The number of nitrogens with one attached hydrogen (secondary N) is 3. The van der Waals surface area contributed by atoms with Crippen molar-refractivity contribution in [3.8, 4) is 16.8 Å². The molecule has 1 saturated heterocycles. The highest BCUT2D eigenvalue weighted by Gasteiger charge is 2.55. The van der Waals surface area contributed by atoms with Crippen molar-refractivity contribution in [1.29, 1.82) is 5.41 Å². The van der Waals surface area contributed by atoms with E-state index in [1.165, 1.54) is 30.3 Å². The third kappa shape index (κ3) is 8.46. The molecule has 14 nitrogen and oxygen atoms in total. The van der Waals surface area contributed by atoms with E-state index in [-0.39, 0.29) is 39.4 Å². The highest BCUT2D eigenvalue weighted by Crippen LogP contribution is 2.43. The van der Waals surface area contributed by atoms with Gasteiger partial charge in [0.25, 0.3) is 22.4 Å². The number of amides is 2. The van der Waals surface area contributed by atoms with Gasteiger partial charge in [0.05, 0.1) is 35.4 Å². The molecule has 2 aromatic heterocycles. The Labute approximate surface area is 309 Å². The fourth-order valence-corrected chi connectivity index (χ4v) is 6.68. The topological polar surface area (TPSA) is 177 Å². The molecule has 1 aliphatic rings. The summed E-state index contributed by atoms with van der Waals surface area (Å²) in [4.78, 5) is 31.6. The van der Waals surface area contributed by atoms with Gasteiger partial charge in [-0.2, -0.15) is 27.5 Å². The van der Waals surface area contributed by atoms with E-state index in [2.05, 4.69) is 20.5 Å². The summed E-state index contributed by atoms with van der Waals surface area (Å²) in [7, 11) is -3.78. The molecule has 4 aromatic rings. The van der Waals surface area contributed by atoms with Gasteiger partial charge in [0.2, 0.25) is 0 Å². The Bertz CT molecular complexity index is 2210. The molecule has 2 aromatic carbocycles. The average Bonchev–Trinajstić information content (AvgIpc) is 3.80. The highest BCUT2D eigenvalue weighted by atomic mass is 35.5. The fraction of sp³-hybridized carbons (Fsp3) is 0.375. The Hall–Kier alpha value is -5.18. The van der Waals surface area contributed by atoms with Crippen molar-refractivity contribution in [2.45, 2.75) is 51.4 Å². The fourth-order valence-electron chi connectivity index (χ4n) is 5.96. The van der Waals surface area contributed by atoms with E-state index in [1.54, 1.807) is 26.1 Å². The third-order valence-corrected chi connectivity index (χ3v) is 9.29. The predicted molar refractivity (Wildman–Crippen MR) is 181 cm³/mol. The number of alkyl carbamates (subject to hydrolysis) is 1. The maximum absolute atomic E-state index is 15.9. The number of aromatic nitrogens is 5. The van der Waals surface area contributed by atoms with E-state index in [1.807, 2.05) is 0 Å². The minimum atomic E-state index is -4.79. The molecule has 22 heteroatoms. The molecule has 290 valence electrons. The Kier molecular flexibility index (Phi) is 10.8. The van der Waals surface area contributed by atoms with Crippen molar-refractivity contribution >= 4 is 39.6 Å². The molecule has 1 unspecified atom stereocenters. The van der Waals surface area contributed by atoms with Crippen molar-refractivity contribution in [3.05, 3.63) is 82.9 Å². The van der Waals surface area contributed by atoms with E-state index >= 15 is 4.39 Å². The molecule has 0 radical (unpaired) electrons. The number of guanidine groups is 1. The number of nitrogens with zero attached hydrogens (tertiary/aromatic N) is 6. The van der Waals surface area contributed by atoms with Crippen LogP contribution >= 0.6 is 11.6 Å². The maximum Gasteiger partial charge on any atom is 0.407 e. The molecule has 1 aliphatic heterocycles. The summed E-state index contributed by atoms with van der Waals surface area (Å²) in [6.07, 6.45) is -5.47. The molecule has 3 heterocycles. The standard InChI is InChI=1S/C32H32ClF6N9O5S/c1-30(2,3)14-31(19-6-7-20(22(34)10-19)18-11-43-46(12-18)54(4,51)52)27(49)47(28(40)45-31)24(13-53-29(50)41-15-32(37,38)39)17-5-8-21(33)23(9-17)48-26(25(35)36)42-16-44-48/h5-12,16,24-25H,13-15H2,1-4H3,(H2,40,45)(H,41,50)/t24?,31-/m1/s1. The number of carbonyl (C=O) groups excluding carboxylic acids is 2.